The van der Waals surface area contributed by atoms with Crippen molar-refractivity contribution in [3.8, 4) is 22.7 Å². The first-order chi connectivity index (χ1) is 15.6. The third kappa shape index (κ3) is 3.82. The highest BCUT2D eigenvalue weighted by Crippen LogP contribution is 2.33. The Labute approximate surface area is 184 Å². The van der Waals surface area contributed by atoms with E-state index in [2.05, 4.69) is 20.4 Å². The predicted octanol–water partition coefficient (Wildman–Crippen LogP) is 3.80. The van der Waals surface area contributed by atoms with Crippen LogP contribution in [0.25, 0.3) is 28.0 Å². The summed E-state index contributed by atoms with van der Waals surface area (Å²) in [5.41, 5.74) is 8.78. The number of fused-ring (bicyclic) bond motifs is 1. The Morgan fingerprint density at radius 1 is 1.22 bits per heavy atom. The Bertz CT molecular complexity index is 1250. The minimum absolute atomic E-state index is 0.119. The summed E-state index contributed by atoms with van der Waals surface area (Å²) >= 11 is 0. The van der Waals surface area contributed by atoms with Gasteiger partial charge in [-0.1, -0.05) is 12.1 Å². The van der Waals surface area contributed by atoms with Crippen LogP contribution in [0, 0.1) is 5.82 Å². The number of hydrogen-bond acceptors (Lipinski definition) is 7. The van der Waals surface area contributed by atoms with Gasteiger partial charge in [-0.15, -0.1) is 5.10 Å². The second-order valence-corrected chi connectivity index (χ2v) is 7.62. The molecule has 0 saturated carbocycles. The van der Waals surface area contributed by atoms with Crippen LogP contribution in [0.5, 0.6) is 5.75 Å². The molecule has 9 heteroatoms. The van der Waals surface area contributed by atoms with Crippen LogP contribution in [0.1, 0.15) is 12.8 Å². The minimum Gasteiger partial charge on any atom is -0.497 e. The number of nitrogens with two attached hydrogens (primary N) is 1. The summed E-state index contributed by atoms with van der Waals surface area (Å²) in [6, 6.07) is 13.6. The summed E-state index contributed by atoms with van der Waals surface area (Å²) in [6.07, 6.45) is 2.16. The van der Waals surface area contributed by atoms with Crippen molar-refractivity contribution < 1.29 is 13.9 Å². The molecule has 1 fully saturated rings. The van der Waals surface area contributed by atoms with Crippen LogP contribution in [0.15, 0.2) is 48.5 Å². The van der Waals surface area contributed by atoms with Crippen LogP contribution in [0.4, 0.5) is 16.2 Å². The molecule has 1 aliphatic heterocycles. The van der Waals surface area contributed by atoms with Crippen molar-refractivity contribution in [1.82, 2.24) is 19.7 Å². The quantitative estimate of drug-likeness (QED) is 0.476. The zero-order valence-electron chi connectivity index (χ0n) is 17.6. The van der Waals surface area contributed by atoms with Gasteiger partial charge in [0.25, 0.3) is 0 Å². The van der Waals surface area contributed by atoms with Crippen LogP contribution in [0.3, 0.4) is 0 Å². The Morgan fingerprint density at radius 2 is 2.06 bits per heavy atom. The van der Waals surface area contributed by atoms with E-state index < -0.39 is 0 Å². The molecule has 0 bridgehead atoms. The van der Waals surface area contributed by atoms with E-state index in [0.717, 1.165) is 30.9 Å². The fourth-order valence-electron chi connectivity index (χ4n) is 3.87. The number of aromatic nitrogens is 4. The number of nitrogens with zero attached hydrogens (tertiary/aromatic N) is 4. The Hall–Kier alpha value is -3.72. The van der Waals surface area contributed by atoms with Crippen LogP contribution >= 0.6 is 0 Å². The van der Waals surface area contributed by atoms with E-state index in [1.54, 1.807) is 23.9 Å². The van der Waals surface area contributed by atoms with Crippen LogP contribution in [-0.4, -0.2) is 46.1 Å². The number of nitrogens with one attached hydrogen (secondary N) is 1. The highest BCUT2D eigenvalue weighted by Gasteiger charge is 2.21. The van der Waals surface area contributed by atoms with Crippen molar-refractivity contribution >= 4 is 22.8 Å². The van der Waals surface area contributed by atoms with Crippen LogP contribution in [0.2, 0.25) is 0 Å². The van der Waals surface area contributed by atoms with E-state index in [9.17, 15) is 4.39 Å². The topological polar surface area (TPSA) is 100 Å². The molecular weight excluding hydrogens is 411 g/mol. The van der Waals surface area contributed by atoms with E-state index in [-0.39, 0.29) is 11.9 Å². The van der Waals surface area contributed by atoms with E-state index in [1.807, 2.05) is 24.3 Å². The van der Waals surface area contributed by atoms with Gasteiger partial charge in [0.05, 0.1) is 30.0 Å². The number of methoxy groups -OCH3 is 1. The summed E-state index contributed by atoms with van der Waals surface area (Å²) in [7, 11) is 1.61. The largest absolute Gasteiger partial charge is 0.497 e. The van der Waals surface area contributed by atoms with Gasteiger partial charge in [0, 0.05) is 18.7 Å². The van der Waals surface area contributed by atoms with E-state index >= 15 is 0 Å². The van der Waals surface area contributed by atoms with Gasteiger partial charge in [0.2, 0.25) is 5.95 Å². The van der Waals surface area contributed by atoms with Crippen molar-refractivity contribution in [2.24, 2.45) is 0 Å². The van der Waals surface area contributed by atoms with Crippen LogP contribution in [-0.2, 0) is 4.74 Å². The summed E-state index contributed by atoms with van der Waals surface area (Å²) < 4.78 is 26.5. The molecule has 0 spiro atoms. The fraction of sp³-hybridized carbons (Fsp3) is 0.261. The molecule has 164 valence electrons. The smallest absolute Gasteiger partial charge is 0.225 e. The van der Waals surface area contributed by atoms with E-state index in [0.29, 0.717) is 40.6 Å². The van der Waals surface area contributed by atoms with Crippen molar-refractivity contribution in [3.05, 3.63) is 54.3 Å². The molecule has 0 radical (unpaired) electrons. The zero-order chi connectivity index (χ0) is 22.1. The van der Waals surface area contributed by atoms with Gasteiger partial charge in [0.1, 0.15) is 17.4 Å². The molecule has 1 aliphatic rings. The van der Waals surface area contributed by atoms with Crippen molar-refractivity contribution in [2.45, 2.75) is 18.9 Å². The van der Waals surface area contributed by atoms with Gasteiger partial charge in [-0.25, -0.2) is 14.1 Å². The monoisotopic (exact) mass is 434 g/mol. The Balaban J connectivity index is 1.62. The highest BCUT2D eigenvalue weighted by molar-refractivity contribution is 5.99. The number of anilines is 2. The molecule has 2 aromatic heterocycles. The molecule has 8 nitrogen and oxygen atoms in total. The second-order valence-electron chi connectivity index (χ2n) is 7.62. The molecule has 5 rings (SSSR count). The Morgan fingerprint density at radius 3 is 2.78 bits per heavy atom. The van der Waals surface area contributed by atoms with Crippen molar-refractivity contribution in [2.75, 3.05) is 31.3 Å². The van der Waals surface area contributed by atoms with Crippen molar-refractivity contribution in [1.29, 1.82) is 0 Å². The van der Waals surface area contributed by atoms with Gasteiger partial charge in [-0.3, -0.25) is 0 Å². The Kier molecular flexibility index (Phi) is 5.32. The maximum atomic E-state index is 14.0. The lowest BCUT2D eigenvalue weighted by Crippen LogP contribution is -2.19. The first-order valence-corrected chi connectivity index (χ1v) is 10.4. The highest BCUT2D eigenvalue weighted by atomic mass is 19.1. The summed E-state index contributed by atoms with van der Waals surface area (Å²) in [6.45, 7) is 1.35. The maximum absolute atomic E-state index is 14.0. The molecular formula is C23H23FN6O2. The van der Waals surface area contributed by atoms with Crippen LogP contribution < -0.4 is 15.8 Å². The average Bonchev–Trinajstić information content (AvgIpc) is 3.45. The lowest BCUT2D eigenvalue weighted by Gasteiger charge is -2.12. The number of hydrogen-bond donors (Lipinski definition) is 2. The first kappa shape index (κ1) is 20.2. The number of halogens is 1. The third-order valence-electron chi connectivity index (χ3n) is 5.50. The SMILES string of the molecule is COc1ccc(-n2nc3nc(NC[C@@H]4CCCO4)nc(-c4cccc(F)c4)c3c2N)cc1. The molecule has 1 atom stereocenters. The minimum atomic E-state index is -0.357. The van der Waals surface area contributed by atoms with Gasteiger partial charge < -0.3 is 20.5 Å². The molecule has 0 unspecified atom stereocenters. The molecule has 0 amide bonds. The fourth-order valence-corrected chi connectivity index (χ4v) is 3.87. The normalized spacial score (nSPS) is 15.9. The molecule has 2 aromatic carbocycles. The summed E-state index contributed by atoms with van der Waals surface area (Å²) in [4.78, 5) is 9.25. The number of ether oxygens (including phenoxy) is 2. The van der Waals surface area contributed by atoms with Gasteiger partial charge >= 0.3 is 0 Å². The maximum Gasteiger partial charge on any atom is 0.225 e. The molecule has 32 heavy (non-hydrogen) atoms. The third-order valence-corrected chi connectivity index (χ3v) is 5.50. The zero-order valence-corrected chi connectivity index (χ0v) is 17.6. The van der Waals surface area contributed by atoms with Gasteiger partial charge in [-0.05, 0) is 49.2 Å². The molecule has 3 N–H and O–H groups in total. The standard InChI is InChI=1S/C23H23FN6O2/c1-31-17-9-7-16(8-10-17)30-21(25)19-20(14-4-2-5-15(24)12-14)27-23(28-22(19)29-30)26-13-18-6-3-11-32-18/h2,4-5,7-10,12,18H,3,6,11,13,25H2,1H3,(H,26,28,29)/t18-/m0/s1. The lowest BCUT2D eigenvalue weighted by molar-refractivity contribution is 0.120. The van der Waals surface area contributed by atoms with E-state index in [1.165, 1.54) is 12.1 Å². The average molecular weight is 434 g/mol. The first-order valence-electron chi connectivity index (χ1n) is 10.4. The lowest BCUT2D eigenvalue weighted by atomic mass is 10.1. The van der Waals surface area contributed by atoms with E-state index in [4.69, 9.17) is 15.2 Å². The van der Waals surface area contributed by atoms with Gasteiger partial charge in [-0.2, -0.15) is 4.98 Å². The summed E-state index contributed by atoms with van der Waals surface area (Å²) in [5.74, 6) is 1.14. The molecule has 1 saturated heterocycles. The van der Waals surface area contributed by atoms with Gasteiger partial charge in [0.15, 0.2) is 5.65 Å². The molecule has 3 heterocycles. The molecule has 4 aromatic rings. The number of benzene rings is 2. The molecule has 0 aliphatic carbocycles. The summed E-state index contributed by atoms with van der Waals surface area (Å²) in [5, 5.41) is 8.43. The number of nitrogen functional groups attached to an aromatic ring is 1. The second kappa shape index (κ2) is 8.43. The number of rotatable bonds is 6. The van der Waals surface area contributed by atoms with Crippen molar-refractivity contribution in [3.63, 3.8) is 0 Å². The predicted molar refractivity (Wildman–Crippen MR) is 120 cm³/mol.